The number of carbonyl (C=O) groups is 2. The Balaban J connectivity index is 2.07. The van der Waals surface area contributed by atoms with Gasteiger partial charge in [0.1, 0.15) is 0 Å². The van der Waals surface area contributed by atoms with Gasteiger partial charge in [0.25, 0.3) is 0 Å². The third kappa shape index (κ3) is 4.33. The van der Waals surface area contributed by atoms with Crippen molar-refractivity contribution >= 4 is 21.9 Å². The fourth-order valence-corrected chi connectivity index (χ4v) is 3.49. The molecule has 0 heterocycles. The summed E-state index contributed by atoms with van der Waals surface area (Å²) in [5.74, 6) is -2.03. The highest BCUT2D eigenvalue weighted by Gasteiger charge is 2.35. The van der Waals surface area contributed by atoms with Crippen molar-refractivity contribution in [2.75, 3.05) is 20.1 Å². The molecule has 1 aliphatic carbocycles. The van der Waals surface area contributed by atoms with Gasteiger partial charge in [-0.1, -0.05) is 25.1 Å². The third-order valence-electron chi connectivity index (χ3n) is 4.01. The Morgan fingerprint density at radius 2 is 1.83 bits per heavy atom. The molecule has 1 atom stereocenters. The van der Waals surface area contributed by atoms with Crippen LogP contribution in [0.1, 0.15) is 19.8 Å². The summed E-state index contributed by atoms with van der Waals surface area (Å²) in [5, 5.41) is 9.03. The Morgan fingerprint density at radius 1 is 1.25 bits per heavy atom. The van der Waals surface area contributed by atoms with Crippen LogP contribution in [-0.4, -0.2) is 60.8 Å². The predicted molar refractivity (Wildman–Crippen MR) is 87.8 cm³/mol. The Bertz CT molecular complexity index is 700. The molecule has 1 aliphatic rings. The van der Waals surface area contributed by atoms with Crippen LogP contribution >= 0.6 is 0 Å². The number of likely N-dealkylation sites (N-methyl/N-ethyl adjacent to an activating group) is 1. The number of nitrogens with zero attached hydrogens (tertiary/aromatic N) is 2. The van der Waals surface area contributed by atoms with E-state index in [0.717, 1.165) is 17.1 Å². The molecule has 1 aromatic rings. The molecule has 1 N–H and O–H groups in total. The van der Waals surface area contributed by atoms with Crippen molar-refractivity contribution < 1.29 is 23.1 Å². The molecule has 7 nitrogen and oxygen atoms in total. The first-order valence-electron chi connectivity index (χ1n) is 7.77. The number of sulfonamides is 1. The summed E-state index contributed by atoms with van der Waals surface area (Å²) in [7, 11) is -2.40. The van der Waals surface area contributed by atoms with Crippen LogP contribution in [0, 0.1) is 5.92 Å². The van der Waals surface area contributed by atoms with E-state index in [0.29, 0.717) is 0 Å². The maximum absolute atomic E-state index is 12.5. The number of aliphatic carboxylic acids is 1. The van der Waals surface area contributed by atoms with Gasteiger partial charge in [-0.05, 0) is 25.0 Å². The quantitative estimate of drug-likeness (QED) is 0.752. The van der Waals surface area contributed by atoms with Crippen LogP contribution in [-0.2, 0) is 19.6 Å². The molecular formula is C16H22N2O5S. The first-order valence-corrected chi connectivity index (χ1v) is 9.21. The topological polar surface area (TPSA) is 95.0 Å². The lowest BCUT2D eigenvalue weighted by Gasteiger charge is -2.26. The van der Waals surface area contributed by atoms with Gasteiger partial charge < -0.3 is 10.0 Å². The van der Waals surface area contributed by atoms with E-state index >= 15 is 0 Å². The molecule has 1 aromatic carbocycles. The van der Waals surface area contributed by atoms with Crippen molar-refractivity contribution in [3.8, 4) is 0 Å². The normalized spacial score (nSPS) is 16.0. The molecule has 0 bridgehead atoms. The zero-order chi connectivity index (χ0) is 17.9. The van der Waals surface area contributed by atoms with Gasteiger partial charge in [-0.3, -0.25) is 9.59 Å². The minimum absolute atomic E-state index is 0.0205. The van der Waals surface area contributed by atoms with E-state index in [1.807, 2.05) is 0 Å². The second-order valence-corrected chi connectivity index (χ2v) is 8.14. The van der Waals surface area contributed by atoms with E-state index in [-0.39, 0.29) is 29.9 Å². The van der Waals surface area contributed by atoms with E-state index in [4.69, 9.17) is 5.11 Å². The highest BCUT2D eigenvalue weighted by molar-refractivity contribution is 7.89. The van der Waals surface area contributed by atoms with Crippen molar-refractivity contribution in [2.45, 2.75) is 30.7 Å². The second kappa shape index (κ2) is 7.31. The number of carboxylic acid groups (broad SMARTS) is 1. The number of carbonyl (C=O) groups excluding carboxylic acids is 1. The average molecular weight is 354 g/mol. The van der Waals surface area contributed by atoms with Gasteiger partial charge >= 0.3 is 5.97 Å². The Morgan fingerprint density at radius 3 is 2.33 bits per heavy atom. The van der Waals surface area contributed by atoms with Crippen molar-refractivity contribution in [3.63, 3.8) is 0 Å². The number of rotatable bonds is 8. The zero-order valence-corrected chi connectivity index (χ0v) is 14.6. The molecule has 1 fully saturated rings. The standard InChI is InChI=1S/C16H22N2O5S/c1-12(16(20)21)10-18(13-8-9-13)15(19)11-17(2)24(22,23)14-6-4-3-5-7-14/h3-7,12-13H,8-11H2,1-2H3,(H,20,21). The van der Waals surface area contributed by atoms with E-state index < -0.39 is 21.9 Å². The molecule has 1 amide bonds. The summed E-state index contributed by atoms with van der Waals surface area (Å²) in [4.78, 5) is 25.1. The molecular weight excluding hydrogens is 332 g/mol. The lowest BCUT2D eigenvalue weighted by Crippen LogP contribution is -2.44. The Labute approximate surface area is 141 Å². The summed E-state index contributed by atoms with van der Waals surface area (Å²) in [6, 6.07) is 7.92. The van der Waals surface area contributed by atoms with Gasteiger partial charge in [-0.25, -0.2) is 8.42 Å². The van der Waals surface area contributed by atoms with Crippen LogP contribution < -0.4 is 0 Å². The minimum Gasteiger partial charge on any atom is -0.481 e. The van der Waals surface area contributed by atoms with Crippen LogP contribution in [0.15, 0.2) is 35.2 Å². The second-order valence-electron chi connectivity index (χ2n) is 6.09. The van der Waals surface area contributed by atoms with Gasteiger partial charge in [0.2, 0.25) is 15.9 Å². The largest absolute Gasteiger partial charge is 0.481 e. The molecule has 0 saturated heterocycles. The molecule has 0 radical (unpaired) electrons. The highest BCUT2D eigenvalue weighted by atomic mass is 32.2. The van der Waals surface area contributed by atoms with Crippen molar-refractivity contribution in [2.24, 2.45) is 5.92 Å². The predicted octanol–water partition coefficient (Wildman–Crippen LogP) is 1.02. The van der Waals surface area contributed by atoms with Crippen molar-refractivity contribution in [3.05, 3.63) is 30.3 Å². The molecule has 0 aliphatic heterocycles. The third-order valence-corrected chi connectivity index (χ3v) is 5.83. The number of hydrogen-bond donors (Lipinski definition) is 1. The van der Waals surface area contributed by atoms with Crippen molar-refractivity contribution in [1.82, 2.24) is 9.21 Å². The summed E-state index contributed by atoms with van der Waals surface area (Å²) in [5.41, 5.74) is 0. The fraction of sp³-hybridized carbons (Fsp3) is 0.500. The molecule has 1 saturated carbocycles. The number of benzene rings is 1. The lowest BCUT2D eigenvalue weighted by atomic mass is 10.1. The maximum atomic E-state index is 12.5. The van der Waals surface area contributed by atoms with E-state index in [9.17, 15) is 18.0 Å². The summed E-state index contributed by atoms with van der Waals surface area (Å²) in [6.07, 6.45) is 1.65. The molecule has 24 heavy (non-hydrogen) atoms. The van der Waals surface area contributed by atoms with Crippen LogP contribution in [0.5, 0.6) is 0 Å². The molecule has 2 rings (SSSR count). The molecule has 132 valence electrons. The van der Waals surface area contributed by atoms with Crippen LogP contribution in [0.2, 0.25) is 0 Å². The molecule has 1 unspecified atom stereocenters. The highest BCUT2D eigenvalue weighted by Crippen LogP contribution is 2.28. The summed E-state index contributed by atoms with van der Waals surface area (Å²) < 4.78 is 25.9. The lowest BCUT2D eigenvalue weighted by molar-refractivity contribution is -0.143. The van der Waals surface area contributed by atoms with Gasteiger partial charge in [0.15, 0.2) is 0 Å². The molecule has 8 heteroatoms. The number of hydrogen-bond acceptors (Lipinski definition) is 4. The first kappa shape index (κ1) is 18.4. The fourth-order valence-electron chi connectivity index (χ4n) is 2.35. The SMILES string of the molecule is CC(CN(C(=O)CN(C)S(=O)(=O)c1ccccc1)C1CC1)C(=O)O. The maximum Gasteiger partial charge on any atom is 0.308 e. The van der Waals surface area contributed by atoms with E-state index in [1.165, 1.54) is 31.0 Å². The number of carboxylic acids is 1. The van der Waals surface area contributed by atoms with Gasteiger partial charge in [0.05, 0.1) is 17.4 Å². The average Bonchev–Trinajstić information content (AvgIpc) is 3.37. The molecule has 0 spiro atoms. The number of amides is 1. The minimum atomic E-state index is -3.75. The van der Waals surface area contributed by atoms with Crippen LogP contribution in [0.4, 0.5) is 0 Å². The van der Waals surface area contributed by atoms with Gasteiger partial charge in [-0.2, -0.15) is 4.31 Å². The van der Waals surface area contributed by atoms with Crippen molar-refractivity contribution in [1.29, 1.82) is 0 Å². The smallest absolute Gasteiger partial charge is 0.308 e. The molecule has 0 aromatic heterocycles. The van der Waals surface area contributed by atoms with E-state index in [1.54, 1.807) is 18.2 Å². The Kier molecular flexibility index (Phi) is 5.61. The van der Waals surface area contributed by atoms with Crippen LogP contribution in [0.3, 0.4) is 0 Å². The first-order chi connectivity index (χ1) is 11.2. The van der Waals surface area contributed by atoms with E-state index in [2.05, 4.69) is 0 Å². The zero-order valence-electron chi connectivity index (χ0n) is 13.8. The van der Waals surface area contributed by atoms with Gasteiger partial charge in [-0.15, -0.1) is 0 Å². The Hall–Kier alpha value is -1.93. The van der Waals surface area contributed by atoms with Gasteiger partial charge in [0, 0.05) is 19.6 Å². The van der Waals surface area contributed by atoms with Crippen LogP contribution in [0.25, 0.3) is 0 Å². The summed E-state index contributed by atoms with van der Waals surface area (Å²) >= 11 is 0. The monoisotopic (exact) mass is 354 g/mol. The summed E-state index contributed by atoms with van der Waals surface area (Å²) in [6.45, 7) is 1.33.